The SMILES string of the molecule is Cn1cc(-c2ccc(=S)[nH]n2)cn1. The number of nitrogens with one attached hydrogen (secondary N) is 1. The summed E-state index contributed by atoms with van der Waals surface area (Å²) in [4.78, 5) is 0. The van der Waals surface area contributed by atoms with Crippen LogP contribution in [0.2, 0.25) is 0 Å². The minimum Gasteiger partial charge on any atom is -0.275 e. The van der Waals surface area contributed by atoms with Crippen molar-refractivity contribution in [3.05, 3.63) is 29.2 Å². The molecule has 2 aromatic rings. The molecule has 0 unspecified atom stereocenters. The van der Waals surface area contributed by atoms with Crippen molar-refractivity contribution < 1.29 is 0 Å². The zero-order valence-corrected chi connectivity index (χ0v) is 7.88. The molecule has 0 saturated carbocycles. The van der Waals surface area contributed by atoms with E-state index in [1.165, 1.54) is 0 Å². The largest absolute Gasteiger partial charge is 0.275 e. The zero-order chi connectivity index (χ0) is 9.26. The van der Waals surface area contributed by atoms with Gasteiger partial charge in [-0.2, -0.15) is 10.2 Å². The van der Waals surface area contributed by atoms with Crippen LogP contribution in [0, 0.1) is 4.64 Å². The standard InChI is InChI=1S/C8H8N4S/c1-12-5-6(4-9-12)7-2-3-8(13)11-10-7/h2-5H,1H3,(H,11,13). The first-order valence-electron chi connectivity index (χ1n) is 3.80. The highest BCUT2D eigenvalue weighted by Crippen LogP contribution is 2.13. The normalized spacial score (nSPS) is 10.2. The second-order valence-electron chi connectivity index (χ2n) is 2.71. The molecule has 0 saturated heterocycles. The van der Waals surface area contributed by atoms with Gasteiger partial charge in [0.25, 0.3) is 0 Å². The van der Waals surface area contributed by atoms with Crippen LogP contribution in [-0.4, -0.2) is 20.0 Å². The van der Waals surface area contributed by atoms with Crippen molar-refractivity contribution in [1.29, 1.82) is 0 Å². The molecular formula is C8H8N4S. The highest BCUT2D eigenvalue weighted by atomic mass is 32.1. The topological polar surface area (TPSA) is 46.5 Å². The summed E-state index contributed by atoms with van der Waals surface area (Å²) in [6, 6.07) is 3.68. The maximum atomic E-state index is 4.89. The van der Waals surface area contributed by atoms with Gasteiger partial charge in [-0.25, -0.2) is 0 Å². The van der Waals surface area contributed by atoms with Crippen LogP contribution in [0.3, 0.4) is 0 Å². The van der Waals surface area contributed by atoms with Crippen LogP contribution < -0.4 is 0 Å². The van der Waals surface area contributed by atoms with Gasteiger partial charge in [0.2, 0.25) is 0 Å². The summed E-state index contributed by atoms with van der Waals surface area (Å²) in [6.45, 7) is 0. The first-order valence-corrected chi connectivity index (χ1v) is 4.21. The summed E-state index contributed by atoms with van der Waals surface area (Å²) < 4.78 is 2.37. The maximum Gasteiger partial charge on any atom is 0.119 e. The summed E-state index contributed by atoms with van der Waals surface area (Å²) in [5.74, 6) is 0. The Hall–Kier alpha value is -1.49. The number of hydrogen-bond acceptors (Lipinski definition) is 3. The molecule has 0 aromatic carbocycles. The lowest BCUT2D eigenvalue weighted by molar-refractivity contribution is 0.768. The second kappa shape index (κ2) is 3.10. The molecule has 4 nitrogen and oxygen atoms in total. The van der Waals surface area contributed by atoms with Crippen LogP contribution in [0.5, 0.6) is 0 Å². The highest BCUT2D eigenvalue weighted by molar-refractivity contribution is 7.71. The number of rotatable bonds is 1. The number of nitrogens with zero attached hydrogens (tertiary/aromatic N) is 3. The summed E-state index contributed by atoms with van der Waals surface area (Å²) in [5, 5.41) is 10.9. The average Bonchev–Trinajstić information content (AvgIpc) is 2.53. The van der Waals surface area contributed by atoms with E-state index in [9.17, 15) is 0 Å². The van der Waals surface area contributed by atoms with Crippen molar-refractivity contribution in [2.24, 2.45) is 7.05 Å². The van der Waals surface area contributed by atoms with Gasteiger partial charge in [0.15, 0.2) is 0 Å². The Balaban J connectivity index is 2.47. The lowest BCUT2D eigenvalue weighted by Crippen LogP contribution is -1.86. The summed E-state index contributed by atoms with van der Waals surface area (Å²) in [7, 11) is 1.87. The minimum absolute atomic E-state index is 0.632. The molecule has 0 atom stereocenters. The van der Waals surface area contributed by atoms with E-state index in [0.717, 1.165) is 11.3 Å². The van der Waals surface area contributed by atoms with Crippen LogP contribution in [0.4, 0.5) is 0 Å². The molecule has 2 aromatic heterocycles. The van der Waals surface area contributed by atoms with Crippen molar-refractivity contribution in [2.75, 3.05) is 0 Å². The van der Waals surface area contributed by atoms with E-state index in [1.54, 1.807) is 10.9 Å². The van der Waals surface area contributed by atoms with E-state index in [1.807, 2.05) is 25.4 Å². The molecule has 0 aliphatic rings. The molecule has 2 rings (SSSR count). The predicted molar refractivity (Wildman–Crippen MR) is 51.6 cm³/mol. The average molecular weight is 192 g/mol. The molecule has 0 aliphatic carbocycles. The van der Waals surface area contributed by atoms with E-state index in [-0.39, 0.29) is 0 Å². The third-order valence-corrected chi connectivity index (χ3v) is 1.91. The first-order chi connectivity index (χ1) is 6.25. The number of aromatic nitrogens is 4. The number of aromatic amines is 1. The Labute approximate surface area is 80.2 Å². The molecule has 13 heavy (non-hydrogen) atoms. The molecule has 0 radical (unpaired) electrons. The second-order valence-corrected chi connectivity index (χ2v) is 3.15. The Kier molecular flexibility index (Phi) is 1.94. The van der Waals surface area contributed by atoms with Crippen LogP contribution >= 0.6 is 12.2 Å². The van der Waals surface area contributed by atoms with Crippen LogP contribution in [0.1, 0.15) is 0 Å². The maximum absolute atomic E-state index is 4.89. The third-order valence-electron chi connectivity index (χ3n) is 1.68. The van der Waals surface area contributed by atoms with Gasteiger partial charge < -0.3 is 0 Å². The number of hydrogen-bond donors (Lipinski definition) is 1. The van der Waals surface area contributed by atoms with Gasteiger partial charge in [-0.15, -0.1) is 0 Å². The van der Waals surface area contributed by atoms with E-state index in [2.05, 4.69) is 15.3 Å². The van der Waals surface area contributed by atoms with Crippen molar-refractivity contribution in [1.82, 2.24) is 20.0 Å². The molecule has 5 heteroatoms. The molecular weight excluding hydrogens is 184 g/mol. The number of aryl methyl sites for hydroxylation is 1. The Morgan fingerprint density at radius 3 is 2.85 bits per heavy atom. The lowest BCUT2D eigenvalue weighted by Gasteiger charge is -1.93. The monoisotopic (exact) mass is 192 g/mol. The fourth-order valence-electron chi connectivity index (χ4n) is 1.06. The molecule has 0 spiro atoms. The highest BCUT2D eigenvalue weighted by Gasteiger charge is 1.99. The van der Waals surface area contributed by atoms with Gasteiger partial charge >= 0.3 is 0 Å². The quantitative estimate of drug-likeness (QED) is 0.697. The Bertz CT molecular complexity index is 450. The van der Waals surface area contributed by atoms with Crippen LogP contribution in [0.15, 0.2) is 24.5 Å². The van der Waals surface area contributed by atoms with Crippen LogP contribution in [-0.2, 0) is 7.05 Å². The molecule has 0 bridgehead atoms. The van der Waals surface area contributed by atoms with Crippen LogP contribution in [0.25, 0.3) is 11.3 Å². The first kappa shape index (κ1) is 8.12. The van der Waals surface area contributed by atoms with Gasteiger partial charge in [-0.05, 0) is 12.1 Å². The van der Waals surface area contributed by atoms with Crippen molar-refractivity contribution >= 4 is 12.2 Å². The van der Waals surface area contributed by atoms with Crippen molar-refractivity contribution in [3.63, 3.8) is 0 Å². The molecule has 0 aliphatic heterocycles. The molecule has 0 fully saturated rings. The van der Waals surface area contributed by atoms with Gasteiger partial charge in [-0.1, -0.05) is 12.2 Å². The Morgan fingerprint density at radius 1 is 1.46 bits per heavy atom. The lowest BCUT2D eigenvalue weighted by atomic mass is 10.2. The predicted octanol–water partition coefficient (Wildman–Crippen LogP) is 1.54. The van der Waals surface area contributed by atoms with Gasteiger partial charge in [0, 0.05) is 18.8 Å². The molecule has 0 amide bonds. The summed E-state index contributed by atoms with van der Waals surface area (Å²) >= 11 is 4.89. The van der Waals surface area contributed by atoms with E-state index in [4.69, 9.17) is 12.2 Å². The van der Waals surface area contributed by atoms with Gasteiger partial charge in [-0.3, -0.25) is 9.78 Å². The summed E-state index contributed by atoms with van der Waals surface area (Å²) in [6.07, 6.45) is 3.67. The van der Waals surface area contributed by atoms with E-state index >= 15 is 0 Å². The Morgan fingerprint density at radius 2 is 2.31 bits per heavy atom. The minimum atomic E-state index is 0.632. The number of H-pyrrole nitrogens is 1. The summed E-state index contributed by atoms with van der Waals surface area (Å²) in [5.41, 5.74) is 1.83. The zero-order valence-electron chi connectivity index (χ0n) is 7.06. The van der Waals surface area contributed by atoms with E-state index < -0.39 is 0 Å². The molecule has 66 valence electrons. The fraction of sp³-hybridized carbons (Fsp3) is 0.125. The fourth-order valence-corrected chi connectivity index (χ4v) is 1.17. The smallest absolute Gasteiger partial charge is 0.119 e. The molecule has 2 heterocycles. The van der Waals surface area contributed by atoms with Crippen molar-refractivity contribution in [3.8, 4) is 11.3 Å². The third kappa shape index (κ3) is 1.65. The van der Waals surface area contributed by atoms with Gasteiger partial charge in [0.05, 0.1) is 11.9 Å². The molecule has 1 N–H and O–H groups in total. The van der Waals surface area contributed by atoms with Crippen molar-refractivity contribution in [2.45, 2.75) is 0 Å². The van der Waals surface area contributed by atoms with E-state index in [0.29, 0.717) is 4.64 Å². The van der Waals surface area contributed by atoms with Gasteiger partial charge in [0.1, 0.15) is 4.64 Å².